The van der Waals surface area contributed by atoms with E-state index in [0.717, 1.165) is 18.7 Å². The maximum absolute atomic E-state index is 12.1. The van der Waals surface area contributed by atoms with E-state index in [-0.39, 0.29) is 5.75 Å². The van der Waals surface area contributed by atoms with Crippen molar-refractivity contribution in [3.8, 4) is 11.4 Å². The maximum Gasteiger partial charge on any atom is 0.573 e. The number of aryl methyl sites for hydroxylation is 1. The van der Waals surface area contributed by atoms with Gasteiger partial charge in [0.05, 0.1) is 5.69 Å². The zero-order valence-corrected chi connectivity index (χ0v) is 11.7. The van der Waals surface area contributed by atoms with Gasteiger partial charge in [0.2, 0.25) is 5.95 Å². The molecule has 0 atom stereocenters. The molecule has 0 aliphatic rings. The summed E-state index contributed by atoms with van der Waals surface area (Å²) in [6, 6.07) is 5.67. The van der Waals surface area contributed by atoms with Gasteiger partial charge in [0.1, 0.15) is 5.75 Å². The SMILES string of the molecule is CCCNc1nc(C)cn1-c1ccc(OC(F)(F)F)cc1. The minimum Gasteiger partial charge on any atom is -0.406 e. The Balaban J connectivity index is 2.22. The van der Waals surface area contributed by atoms with Gasteiger partial charge in [0.15, 0.2) is 0 Å². The Morgan fingerprint density at radius 3 is 2.48 bits per heavy atom. The second-order valence-electron chi connectivity index (χ2n) is 4.54. The number of nitrogens with one attached hydrogen (secondary N) is 1. The van der Waals surface area contributed by atoms with Crippen LogP contribution in [-0.4, -0.2) is 22.5 Å². The molecule has 0 amide bonds. The van der Waals surface area contributed by atoms with E-state index in [4.69, 9.17) is 0 Å². The summed E-state index contributed by atoms with van der Waals surface area (Å²) in [6.45, 7) is 4.66. The number of imidazole rings is 1. The van der Waals surface area contributed by atoms with Gasteiger partial charge in [-0.05, 0) is 37.6 Å². The van der Waals surface area contributed by atoms with E-state index in [0.29, 0.717) is 11.6 Å². The van der Waals surface area contributed by atoms with Crippen LogP contribution in [0.2, 0.25) is 0 Å². The largest absolute Gasteiger partial charge is 0.573 e. The summed E-state index contributed by atoms with van der Waals surface area (Å²) in [4.78, 5) is 4.35. The molecule has 114 valence electrons. The Hall–Kier alpha value is -2.18. The fourth-order valence-corrected chi connectivity index (χ4v) is 1.86. The summed E-state index contributed by atoms with van der Waals surface area (Å²) in [6.07, 6.45) is -1.91. The number of ether oxygens (including phenoxy) is 1. The lowest BCUT2D eigenvalue weighted by Gasteiger charge is -2.11. The van der Waals surface area contributed by atoms with Crippen molar-refractivity contribution in [1.29, 1.82) is 0 Å². The Morgan fingerprint density at radius 2 is 1.90 bits per heavy atom. The van der Waals surface area contributed by atoms with Crippen LogP contribution in [-0.2, 0) is 0 Å². The van der Waals surface area contributed by atoms with E-state index in [1.165, 1.54) is 12.1 Å². The van der Waals surface area contributed by atoms with Crippen molar-refractivity contribution in [3.63, 3.8) is 0 Å². The molecule has 0 radical (unpaired) electrons. The Kier molecular flexibility index (Phi) is 4.40. The molecular formula is C14H16F3N3O. The normalized spacial score (nSPS) is 11.5. The van der Waals surface area contributed by atoms with E-state index in [2.05, 4.69) is 15.0 Å². The van der Waals surface area contributed by atoms with Crippen LogP contribution in [0.1, 0.15) is 19.0 Å². The third kappa shape index (κ3) is 4.14. The summed E-state index contributed by atoms with van der Waals surface area (Å²) in [5.74, 6) is 0.421. The zero-order chi connectivity index (χ0) is 15.5. The van der Waals surface area contributed by atoms with Gasteiger partial charge < -0.3 is 10.1 Å². The molecule has 1 aromatic carbocycles. The number of nitrogens with zero attached hydrogens (tertiary/aromatic N) is 2. The Morgan fingerprint density at radius 1 is 1.24 bits per heavy atom. The highest BCUT2D eigenvalue weighted by molar-refractivity contribution is 5.45. The maximum atomic E-state index is 12.1. The molecule has 1 N–H and O–H groups in total. The van der Waals surface area contributed by atoms with Crippen LogP contribution in [0, 0.1) is 6.92 Å². The summed E-state index contributed by atoms with van der Waals surface area (Å²) in [5.41, 5.74) is 1.54. The third-order valence-corrected chi connectivity index (χ3v) is 2.71. The smallest absolute Gasteiger partial charge is 0.406 e. The van der Waals surface area contributed by atoms with Gasteiger partial charge >= 0.3 is 6.36 Å². The van der Waals surface area contributed by atoms with Gasteiger partial charge in [-0.3, -0.25) is 4.57 Å². The summed E-state index contributed by atoms with van der Waals surface area (Å²) < 4.78 is 42.0. The predicted octanol–water partition coefficient (Wildman–Crippen LogP) is 3.90. The van der Waals surface area contributed by atoms with E-state index < -0.39 is 6.36 Å². The molecule has 0 aliphatic heterocycles. The number of rotatable bonds is 5. The lowest BCUT2D eigenvalue weighted by Crippen LogP contribution is -2.17. The topological polar surface area (TPSA) is 39.1 Å². The molecule has 0 aliphatic carbocycles. The molecule has 1 heterocycles. The number of aromatic nitrogens is 2. The fraction of sp³-hybridized carbons (Fsp3) is 0.357. The first-order valence-electron chi connectivity index (χ1n) is 6.55. The zero-order valence-electron chi connectivity index (χ0n) is 11.7. The van der Waals surface area contributed by atoms with Gasteiger partial charge in [-0.15, -0.1) is 13.2 Å². The van der Waals surface area contributed by atoms with Crippen molar-refractivity contribution in [2.75, 3.05) is 11.9 Å². The summed E-state index contributed by atoms with van der Waals surface area (Å²) in [7, 11) is 0. The average molecular weight is 299 g/mol. The standard InChI is InChI=1S/C14H16F3N3O/c1-3-8-18-13-19-10(2)9-20(13)11-4-6-12(7-5-11)21-14(15,16)17/h4-7,9H,3,8H2,1-2H3,(H,18,19). The highest BCUT2D eigenvalue weighted by atomic mass is 19.4. The van der Waals surface area contributed by atoms with E-state index in [9.17, 15) is 13.2 Å². The van der Waals surface area contributed by atoms with Gasteiger partial charge in [-0.1, -0.05) is 6.92 Å². The highest BCUT2D eigenvalue weighted by Gasteiger charge is 2.30. The van der Waals surface area contributed by atoms with Gasteiger partial charge in [-0.25, -0.2) is 4.98 Å². The molecule has 2 aromatic rings. The van der Waals surface area contributed by atoms with Crippen LogP contribution in [0.5, 0.6) is 5.75 Å². The summed E-state index contributed by atoms with van der Waals surface area (Å²) >= 11 is 0. The number of hydrogen-bond donors (Lipinski definition) is 1. The number of hydrogen-bond acceptors (Lipinski definition) is 3. The molecule has 0 saturated heterocycles. The predicted molar refractivity (Wildman–Crippen MR) is 73.8 cm³/mol. The molecule has 7 heteroatoms. The first kappa shape index (κ1) is 15.2. The molecule has 2 rings (SSSR count). The van der Waals surface area contributed by atoms with E-state index in [1.54, 1.807) is 16.7 Å². The van der Waals surface area contributed by atoms with E-state index >= 15 is 0 Å². The lowest BCUT2D eigenvalue weighted by molar-refractivity contribution is -0.274. The quantitative estimate of drug-likeness (QED) is 0.910. The first-order chi connectivity index (χ1) is 9.89. The molecular weight excluding hydrogens is 283 g/mol. The van der Waals surface area contributed by atoms with Gasteiger partial charge in [0, 0.05) is 18.4 Å². The van der Waals surface area contributed by atoms with Crippen molar-refractivity contribution < 1.29 is 17.9 Å². The average Bonchev–Trinajstić information content (AvgIpc) is 2.76. The molecule has 0 unspecified atom stereocenters. The molecule has 4 nitrogen and oxygen atoms in total. The highest BCUT2D eigenvalue weighted by Crippen LogP contribution is 2.25. The Bertz CT molecular complexity index is 591. The molecule has 0 bridgehead atoms. The minimum atomic E-state index is -4.68. The van der Waals surface area contributed by atoms with E-state index in [1.807, 2.05) is 20.0 Å². The molecule has 21 heavy (non-hydrogen) atoms. The van der Waals surface area contributed by atoms with Crippen molar-refractivity contribution in [1.82, 2.24) is 9.55 Å². The minimum absolute atomic E-state index is 0.244. The summed E-state index contributed by atoms with van der Waals surface area (Å²) in [5, 5.41) is 3.18. The van der Waals surface area contributed by atoms with Crippen LogP contribution in [0.25, 0.3) is 5.69 Å². The number of benzene rings is 1. The molecule has 0 fully saturated rings. The third-order valence-electron chi connectivity index (χ3n) is 2.71. The van der Waals surface area contributed by atoms with Crippen molar-refractivity contribution in [2.45, 2.75) is 26.6 Å². The van der Waals surface area contributed by atoms with Crippen molar-refractivity contribution in [2.24, 2.45) is 0 Å². The number of halogens is 3. The second-order valence-corrected chi connectivity index (χ2v) is 4.54. The first-order valence-corrected chi connectivity index (χ1v) is 6.55. The van der Waals surface area contributed by atoms with Crippen molar-refractivity contribution >= 4 is 5.95 Å². The number of anilines is 1. The van der Waals surface area contributed by atoms with Crippen LogP contribution >= 0.6 is 0 Å². The van der Waals surface area contributed by atoms with Crippen LogP contribution < -0.4 is 10.1 Å². The van der Waals surface area contributed by atoms with Crippen molar-refractivity contribution in [3.05, 3.63) is 36.2 Å². The van der Waals surface area contributed by atoms with Crippen LogP contribution in [0.3, 0.4) is 0 Å². The number of alkyl halides is 3. The van der Waals surface area contributed by atoms with Crippen LogP contribution in [0.15, 0.2) is 30.5 Å². The van der Waals surface area contributed by atoms with Crippen LogP contribution in [0.4, 0.5) is 19.1 Å². The Labute approximate surface area is 120 Å². The van der Waals surface area contributed by atoms with Gasteiger partial charge in [-0.2, -0.15) is 0 Å². The second kappa shape index (κ2) is 6.07. The molecule has 0 spiro atoms. The lowest BCUT2D eigenvalue weighted by atomic mass is 10.3. The fourth-order valence-electron chi connectivity index (χ4n) is 1.86. The molecule has 0 saturated carbocycles. The molecule has 1 aromatic heterocycles. The monoisotopic (exact) mass is 299 g/mol. The van der Waals surface area contributed by atoms with Gasteiger partial charge in [0.25, 0.3) is 0 Å².